The molecule has 0 bridgehead atoms. The molecule has 0 aliphatic carbocycles. The highest BCUT2D eigenvalue weighted by Gasteiger charge is 2.21. The van der Waals surface area contributed by atoms with Crippen molar-refractivity contribution in [1.82, 2.24) is 5.32 Å². The van der Waals surface area contributed by atoms with Gasteiger partial charge in [0.15, 0.2) is 6.04 Å². The normalized spacial score (nSPS) is 11.3. The Labute approximate surface area is 180 Å². The molecule has 31 heavy (non-hydrogen) atoms. The van der Waals surface area contributed by atoms with Crippen LogP contribution >= 0.6 is 0 Å². The maximum absolute atomic E-state index is 11.8. The first-order valence-corrected chi connectivity index (χ1v) is 9.54. The van der Waals surface area contributed by atoms with Gasteiger partial charge in [0.2, 0.25) is 5.91 Å². The van der Waals surface area contributed by atoms with Crippen molar-refractivity contribution < 1.29 is 38.4 Å². The lowest BCUT2D eigenvalue weighted by Gasteiger charge is -2.16. The van der Waals surface area contributed by atoms with E-state index in [0.29, 0.717) is 32.2 Å². The molecule has 1 rings (SSSR count). The van der Waals surface area contributed by atoms with Gasteiger partial charge in [0.25, 0.3) is 0 Å². The van der Waals surface area contributed by atoms with Gasteiger partial charge in [-0.15, -0.1) is 0 Å². The van der Waals surface area contributed by atoms with Crippen molar-refractivity contribution >= 4 is 11.9 Å². The van der Waals surface area contributed by atoms with Gasteiger partial charge in [-0.3, -0.25) is 4.79 Å². The molecule has 0 aliphatic rings. The van der Waals surface area contributed by atoms with Crippen LogP contribution in [0.3, 0.4) is 0 Å². The predicted molar refractivity (Wildman–Crippen MR) is 108 cm³/mol. The molecule has 1 amide bonds. The van der Waals surface area contributed by atoms with Crippen molar-refractivity contribution in [3.8, 4) is 5.75 Å². The number of benzene rings is 1. The Hall–Kier alpha value is -2.89. The van der Waals surface area contributed by atoms with E-state index in [0.717, 1.165) is 5.56 Å². The second kappa shape index (κ2) is 16.9. The van der Waals surface area contributed by atoms with Gasteiger partial charge in [0.05, 0.1) is 53.4 Å². The van der Waals surface area contributed by atoms with E-state index < -0.39 is 24.5 Å². The van der Waals surface area contributed by atoms with E-state index in [1.165, 1.54) is 7.11 Å². The first-order chi connectivity index (χ1) is 15.1. The monoisotopic (exact) mass is 440 g/mol. The number of methoxy groups -OCH3 is 1. The summed E-state index contributed by atoms with van der Waals surface area (Å²) in [7, 11) is 1.20. The van der Waals surface area contributed by atoms with Crippen LogP contribution in [0, 0.1) is 0 Å². The molecule has 172 valence electrons. The SMILES string of the molecule is COC(=O)C(COCc1cccc(OCCOCCOCCO)c1)NC(=O)CN=[N+]=[N-]. The fourth-order valence-corrected chi connectivity index (χ4v) is 2.27. The summed E-state index contributed by atoms with van der Waals surface area (Å²) in [6.45, 7) is 1.47. The minimum atomic E-state index is -1.02. The Morgan fingerprint density at radius 3 is 2.61 bits per heavy atom. The number of esters is 1. The van der Waals surface area contributed by atoms with Gasteiger partial charge in [-0.25, -0.2) is 4.79 Å². The molecule has 2 N–H and O–H groups in total. The number of aliphatic hydroxyl groups excluding tert-OH is 1. The number of rotatable bonds is 17. The van der Waals surface area contributed by atoms with Crippen molar-refractivity contribution in [2.45, 2.75) is 12.6 Å². The zero-order valence-electron chi connectivity index (χ0n) is 17.4. The Morgan fingerprint density at radius 1 is 1.16 bits per heavy atom. The molecule has 1 aromatic carbocycles. The maximum Gasteiger partial charge on any atom is 0.330 e. The highest BCUT2D eigenvalue weighted by Crippen LogP contribution is 2.14. The fourth-order valence-electron chi connectivity index (χ4n) is 2.27. The molecule has 0 spiro atoms. The van der Waals surface area contributed by atoms with Crippen LogP contribution in [0.15, 0.2) is 29.4 Å². The quantitative estimate of drug-likeness (QED) is 0.117. The Morgan fingerprint density at radius 2 is 1.90 bits per heavy atom. The molecule has 1 aromatic rings. The summed E-state index contributed by atoms with van der Waals surface area (Å²) >= 11 is 0. The summed E-state index contributed by atoms with van der Waals surface area (Å²) in [5.74, 6) is -0.657. The van der Waals surface area contributed by atoms with Crippen LogP contribution in [-0.4, -0.2) is 82.9 Å². The van der Waals surface area contributed by atoms with Crippen LogP contribution in [0.1, 0.15) is 5.56 Å². The van der Waals surface area contributed by atoms with Crippen LogP contribution in [-0.2, 0) is 35.1 Å². The Kier molecular flexibility index (Phi) is 14.2. The number of azide groups is 1. The van der Waals surface area contributed by atoms with Gasteiger partial charge in [-0.2, -0.15) is 0 Å². The molecule has 12 nitrogen and oxygen atoms in total. The topological polar surface area (TPSA) is 161 Å². The molecule has 1 atom stereocenters. The fraction of sp³-hybridized carbons (Fsp3) is 0.579. The second-order valence-electron chi connectivity index (χ2n) is 5.99. The van der Waals surface area contributed by atoms with Crippen molar-refractivity contribution in [1.29, 1.82) is 0 Å². The molecular formula is C19H28N4O8. The number of hydrogen-bond donors (Lipinski definition) is 2. The van der Waals surface area contributed by atoms with Gasteiger partial charge in [-0.05, 0) is 23.2 Å². The van der Waals surface area contributed by atoms with Crippen LogP contribution < -0.4 is 10.1 Å². The summed E-state index contributed by atoms with van der Waals surface area (Å²) < 4.78 is 26.2. The number of amides is 1. The second-order valence-corrected chi connectivity index (χ2v) is 5.99. The summed E-state index contributed by atoms with van der Waals surface area (Å²) in [4.78, 5) is 25.9. The van der Waals surface area contributed by atoms with E-state index >= 15 is 0 Å². The maximum atomic E-state index is 11.8. The molecule has 0 heterocycles. The third-order valence-electron chi connectivity index (χ3n) is 3.65. The van der Waals surface area contributed by atoms with Crippen LogP contribution in [0.4, 0.5) is 0 Å². The summed E-state index contributed by atoms with van der Waals surface area (Å²) in [5.41, 5.74) is 9.05. The van der Waals surface area contributed by atoms with E-state index in [4.69, 9.17) is 29.6 Å². The van der Waals surface area contributed by atoms with E-state index in [-0.39, 0.29) is 26.4 Å². The highest BCUT2D eigenvalue weighted by molar-refractivity contribution is 5.85. The van der Waals surface area contributed by atoms with Crippen LogP contribution in [0.25, 0.3) is 10.4 Å². The van der Waals surface area contributed by atoms with Gasteiger partial charge < -0.3 is 34.1 Å². The van der Waals surface area contributed by atoms with Crippen LogP contribution in [0.2, 0.25) is 0 Å². The smallest absolute Gasteiger partial charge is 0.330 e. The number of nitrogens with zero attached hydrogens (tertiary/aromatic N) is 3. The number of ether oxygens (including phenoxy) is 5. The molecule has 0 aliphatic heterocycles. The summed E-state index contributed by atoms with van der Waals surface area (Å²) in [5, 5.41) is 14.1. The predicted octanol–water partition coefficient (Wildman–Crippen LogP) is 0.576. The molecule has 0 radical (unpaired) electrons. The third kappa shape index (κ3) is 12.4. The molecule has 1 unspecified atom stereocenters. The molecule has 0 aromatic heterocycles. The average Bonchev–Trinajstić information content (AvgIpc) is 2.78. The Balaban J connectivity index is 2.37. The molecule has 0 saturated carbocycles. The van der Waals surface area contributed by atoms with E-state index in [9.17, 15) is 9.59 Å². The largest absolute Gasteiger partial charge is 0.491 e. The number of nitrogens with one attached hydrogen (secondary N) is 1. The van der Waals surface area contributed by atoms with Gasteiger partial charge in [-0.1, -0.05) is 17.2 Å². The van der Waals surface area contributed by atoms with Crippen LogP contribution in [0.5, 0.6) is 5.75 Å². The van der Waals surface area contributed by atoms with E-state index in [1.54, 1.807) is 18.2 Å². The zero-order chi connectivity index (χ0) is 22.7. The number of carbonyl (C=O) groups excluding carboxylic acids is 2. The van der Waals surface area contributed by atoms with E-state index in [1.807, 2.05) is 6.07 Å². The van der Waals surface area contributed by atoms with Gasteiger partial charge in [0.1, 0.15) is 18.9 Å². The molecular weight excluding hydrogens is 412 g/mol. The number of aliphatic hydroxyl groups is 1. The summed E-state index contributed by atoms with van der Waals surface area (Å²) in [6, 6.07) is 6.19. The highest BCUT2D eigenvalue weighted by atomic mass is 16.5. The zero-order valence-corrected chi connectivity index (χ0v) is 17.4. The standard InChI is InChI=1S/C19H28N4O8/c1-27-19(26)17(22-18(25)12-21-23-20)14-30-13-15-3-2-4-16(11-15)31-10-9-29-8-7-28-6-5-24/h2-4,11,17,24H,5-10,12-14H2,1H3,(H,22,25). The lowest BCUT2D eigenvalue weighted by atomic mass is 10.2. The van der Waals surface area contributed by atoms with E-state index in [2.05, 4.69) is 20.1 Å². The van der Waals surface area contributed by atoms with Crippen molar-refractivity contribution in [3.63, 3.8) is 0 Å². The number of carbonyl (C=O) groups is 2. The first kappa shape index (κ1) is 26.1. The molecule has 12 heteroatoms. The average molecular weight is 440 g/mol. The molecule has 0 fully saturated rings. The van der Waals surface area contributed by atoms with Gasteiger partial charge in [0, 0.05) is 4.91 Å². The summed E-state index contributed by atoms with van der Waals surface area (Å²) in [6.07, 6.45) is 0. The molecule has 0 saturated heterocycles. The van der Waals surface area contributed by atoms with Crippen molar-refractivity contribution in [3.05, 3.63) is 40.3 Å². The number of hydrogen-bond acceptors (Lipinski definition) is 9. The van der Waals surface area contributed by atoms with Crippen molar-refractivity contribution in [2.75, 3.05) is 59.9 Å². The first-order valence-electron chi connectivity index (χ1n) is 9.54. The minimum absolute atomic E-state index is 0.0153. The lowest BCUT2D eigenvalue weighted by Crippen LogP contribution is -2.45. The Bertz CT molecular complexity index is 712. The lowest BCUT2D eigenvalue weighted by molar-refractivity contribution is -0.146. The van der Waals surface area contributed by atoms with Gasteiger partial charge >= 0.3 is 5.97 Å². The van der Waals surface area contributed by atoms with Crippen molar-refractivity contribution in [2.24, 2.45) is 5.11 Å². The third-order valence-corrected chi connectivity index (χ3v) is 3.65. The minimum Gasteiger partial charge on any atom is -0.491 e.